The average molecular weight is 409 g/mol. The van der Waals surface area contributed by atoms with Crippen LogP contribution in [0.15, 0.2) is 47.5 Å². The summed E-state index contributed by atoms with van der Waals surface area (Å²) in [5.41, 5.74) is 7.48. The number of ether oxygens (including phenoxy) is 1. The fourth-order valence-electron chi connectivity index (χ4n) is 3.66. The van der Waals surface area contributed by atoms with E-state index in [0.717, 1.165) is 17.8 Å². The Kier molecular flexibility index (Phi) is 5.85. The number of methoxy groups -OCH3 is 1. The van der Waals surface area contributed by atoms with E-state index in [1.807, 2.05) is 12.1 Å². The number of aromatic nitrogens is 2. The second kappa shape index (κ2) is 8.71. The van der Waals surface area contributed by atoms with Crippen molar-refractivity contribution in [2.45, 2.75) is 18.9 Å². The van der Waals surface area contributed by atoms with Gasteiger partial charge in [0.05, 0.1) is 18.8 Å². The lowest BCUT2D eigenvalue weighted by Gasteiger charge is -2.46. The van der Waals surface area contributed by atoms with Crippen molar-refractivity contribution in [3.05, 3.63) is 53.1 Å². The summed E-state index contributed by atoms with van der Waals surface area (Å²) in [6.07, 6.45) is 8.90. The molecule has 158 valence electrons. The number of nitrogens with two attached hydrogens (primary N) is 1. The van der Waals surface area contributed by atoms with Crippen LogP contribution in [0.2, 0.25) is 0 Å². The van der Waals surface area contributed by atoms with Crippen LogP contribution in [0.5, 0.6) is 5.75 Å². The molecule has 0 aromatic carbocycles. The topological polar surface area (TPSA) is 105 Å². The molecular weight excluding hydrogens is 382 g/mol. The Morgan fingerprint density at radius 1 is 1.40 bits per heavy atom. The fraction of sp³-hybridized carbons (Fsp3) is 0.409. The number of aromatic amines is 1. The lowest BCUT2D eigenvalue weighted by Crippen LogP contribution is -2.62. The standard InChI is InChI=1S/C22H27N5O3/c1-30-18-6-8-24-19(10-18)16-9-20(22(29)25-11-16)27(12-15-4-5-15)17-13-26(14-17)21(28)3-2-7-23/h2-3,6,8-11,15,17H,4-5,7,12-14,23H2,1H3,(H,25,29)/b3-2+. The molecule has 4 rings (SSSR count). The summed E-state index contributed by atoms with van der Waals surface area (Å²) in [6, 6.07) is 5.64. The molecule has 0 spiro atoms. The van der Waals surface area contributed by atoms with Crippen LogP contribution in [0.3, 0.4) is 0 Å². The van der Waals surface area contributed by atoms with E-state index < -0.39 is 0 Å². The predicted molar refractivity (Wildman–Crippen MR) is 115 cm³/mol. The number of amides is 1. The van der Waals surface area contributed by atoms with Crippen molar-refractivity contribution < 1.29 is 9.53 Å². The molecule has 30 heavy (non-hydrogen) atoms. The van der Waals surface area contributed by atoms with Gasteiger partial charge in [0.25, 0.3) is 5.56 Å². The summed E-state index contributed by atoms with van der Waals surface area (Å²) >= 11 is 0. The molecule has 0 bridgehead atoms. The monoisotopic (exact) mass is 409 g/mol. The lowest BCUT2D eigenvalue weighted by molar-refractivity contribution is -0.130. The van der Waals surface area contributed by atoms with Crippen LogP contribution in [0.25, 0.3) is 11.3 Å². The number of hydrogen-bond acceptors (Lipinski definition) is 6. The van der Waals surface area contributed by atoms with Crippen LogP contribution in [-0.2, 0) is 4.79 Å². The first kappa shape index (κ1) is 20.2. The van der Waals surface area contributed by atoms with Gasteiger partial charge >= 0.3 is 0 Å². The third-order valence-electron chi connectivity index (χ3n) is 5.62. The highest BCUT2D eigenvalue weighted by Gasteiger charge is 2.37. The number of likely N-dealkylation sites (tertiary alicyclic amines) is 1. The number of carbonyl (C=O) groups excluding carboxylic acids is 1. The van der Waals surface area contributed by atoms with E-state index in [2.05, 4.69) is 14.9 Å². The highest BCUT2D eigenvalue weighted by atomic mass is 16.5. The normalized spacial score (nSPS) is 16.5. The van der Waals surface area contributed by atoms with Gasteiger partial charge in [-0.25, -0.2) is 0 Å². The fourth-order valence-corrected chi connectivity index (χ4v) is 3.66. The zero-order valence-electron chi connectivity index (χ0n) is 17.1. The summed E-state index contributed by atoms with van der Waals surface area (Å²) in [6.45, 7) is 2.36. The molecule has 1 amide bonds. The van der Waals surface area contributed by atoms with Crippen molar-refractivity contribution in [1.29, 1.82) is 0 Å². The quantitative estimate of drug-likeness (QED) is 0.639. The van der Waals surface area contributed by atoms with Crippen molar-refractivity contribution in [2.24, 2.45) is 11.7 Å². The van der Waals surface area contributed by atoms with Crippen LogP contribution >= 0.6 is 0 Å². The van der Waals surface area contributed by atoms with Gasteiger partial charge in [0.2, 0.25) is 5.91 Å². The SMILES string of the molecule is COc1ccnc(-c2c[nH]c(=O)c(N(CC3CC3)C3CN(C(=O)/C=C/CN)C3)c2)c1. The predicted octanol–water partition coefficient (Wildman–Crippen LogP) is 1.39. The minimum Gasteiger partial charge on any atom is -0.497 e. The zero-order valence-corrected chi connectivity index (χ0v) is 17.1. The third-order valence-corrected chi connectivity index (χ3v) is 5.62. The second-order valence-corrected chi connectivity index (χ2v) is 7.81. The molecular formula is C22H27N5O3. The van der Waals surface area contributed by atoms with E-state index in [4.69, 9.17) is 10.5 Å². The summed E-state index contributed by atoms with van der Waals surface area (Å²) < 4.78 is 5.29. The van der Waals surface area contributed by atoms with Crippen molar-refractivity contribution in [3.8, 4) is 17.0 Å². The third kappa shape index (κ3) is 4.38. The zero-order chi connectivity index (χ0) is 21.1. The van der Waals surface area contributed by atoms with E-state index in [1.54, 1.807) is 36.5 Å². The molecule has 2 aromatic rings. The van der Waals surface area contributed by atoms with Crippen molar-refractivity contribution in [2.75, 3.05) is 38.2 Å². The molecule has 2 aromatic heterocycles. The van der Waals surface area contributed by atoms with Gasteiger partial charge in [-0.3, -0.25) is 14.6 Å². The van der Waals surface area contributed by atoms with Crippen LogP contribution in [-0.4, -0.2) is 60.1 Å². The number of nitrogens with one attached hydrogen (secondary N) is 1. The first-order valence-electron chi connectivity index (χ1n) is 10.2. The molecule has 3 heterocycles. The number of H-pyrrole nitrogens is 1. The lowest BCUT2D eigenvalue weighted by atomic mass is 10.0. The van der Waals surface area contributed by atoms with Gasteiger partial charge in [-0.1, -0.05) is 6.08 Å². The van der Waals surface area contributed by atoms with Crippen LogP contribution in [0.1, 0.15) is 12.8 Å². The molecule has 1 saturated carbocycles. The Bertz CT molecular complexity index is 992. The second-order valence-electron chi connectivity index (χ2n) is 7.81. The Balaban J connectivity index is 1.58. The first-order chi connectivity index (χ1) is 14.6. The molecule has 0 radical (unpaired) electrons. The molecule has 1 saturated heterocycles. The molecule has 3 N–H and O–H groups in total. The summed E-state index contributed by atoms with van der Waals surface area (Å²) in [5.74, 6) is 1.28. The number of carbonyl (C=O) groups is 1. The van der Waals surface area contributed by atoms with Crippen LogP contribution < -0.4 is 20.9 Å². The maximum absolute atomic E-state index is 12.7. The van der Waals surface area contributed by atoms with Gasteiger partial charge in [-0.2, -0.15) is 0 Å². The Hall–Kier alpha value is -3.13. The van der Waals surface area contributed by atoms with Crippen molar-refractivity contribution >= 4 is 11.6 Å². The van der Waals surface area contributed by atoms with E-state index in [-0.39, 0.29) is 17.5 Å². The van der Waals surface area contributed by atoms with Gasteiger partial charge in [-0.05, 0) is 30.9 Å². The minimum atomic E-state index is -0.130. The van der Waals surface area contributed by atoms with Gasteiger partial charge in [0.1, 0.15) is 11.4 Å². The van der Waals surface area contributed by atoms with Gasteiger partial charge < -0.3 is 25.3 Å². The average Bonchev–Trinajstić information content (AvgIpc) is 3.55. The first-order valence-corrected chi connectivity index (χ1v) is 10.2. The molecule has 8 nitrogen and oxygen atoms in total. The molecule has 1 aliphatic heterocycles. The Morgan fingerprint density at radius 2 is 2.20 bits per heavy atom. The largest absolute Gasteiger partial charge is 0.497 e. The van der Waals surface area contributed by atoms with Crippen molar-refractivity contribution in [1.82, 2.24) is 14.9 Å². The van der Waals surface area contributed by atoms with Crippen LogP contribution in [0.4, 0.5) is 5.69 Å². The molecule has 8 heteroatoms. The number of pyridine rings is 2. The number of nitrogens with zero attached hydrogens (tertiary/aromatic N) is 3. The molecule has 2 aliphatic rings. The Labute approximate surface area is 175 Å². The molecule has 0 atom stereocenters. The Morgan fingerprint density at radius 3 is 2.90 bits per heavy atom. The molecule has 0 unspecified atom stereocenters. The highest BCUT2D eigenvalue weighted by Crippen LogP contribution is 2.34. The summed E-state index contributed by atoms with van der Waals surface area (Å²) in [4.78, 5) is 36.1. The number of rotatable bonds is 8. The molecule has 1 aliphatic carbocycles. The van der Waals surface area contributed by atoms with Gasteiger partial charge in [0, 0.05) is 56.3 Å². The number of anilines is 1. The van der Waals surface area contributed by atoms with E-state index in [9.17, 15) is 9.59 Å². The van der Waals surface area contributed by atoms with E-state index >= 15 is 0 Å². The highest BCUT2D eigenvalue weighted by molar-refractivity contribution is 5.88. The van der Waals surface area contributed by atoms with E-state index in [1.165, 1.54) is 18.9 Å². The van der Waals surface area contributed by atoms with Crippen LogP contribution in [0, 0.1) is 5.92 Å². The minimum absolute atomic E-state index is 0.0358. The van der Waals surface area contributed by atoms with Gasteiger partial charge in [0.15, 0.2) is 0 Å². The van der Waals surface area contributed by atoms with Gasteiger partial charge in [-0.15, -0.1) is 0 Å². The molecule has 2 fully saturated rings. The maximum atomic E-state index is 12.7. The van der Waals surface area contributed by atoms with Crippen molar-refractivity contribution in [3.63, 3.8) is 0 Å². The summed E-state index contributed by atoms with van der Waals surface area (Å²) in [5, 5.41) is 0. The maximum Gasteiger partial charge on any atom is 0.271 e. The smallest absolute Gasteiger partial charge is 0.271 e. The van der Waals surface area contributed by atoms with E-state index in [0.29, 0.717) is 37.0 Å². The summed E-state index contributed by atoms with van der Waals surface area (Å²) in [7, 11) is 1.61. The number of hydrogen-bond donors (Lipinski definition) is 2.